The number of aromatic amines is 1. The third kappa shape index (κ3) is 7.48. The Kier molecular flexibility index (Phi) is 6.51. The summed E-state index contributed by atoms with van der Waals surface area (Å²) < 4.78 is 45.2. The van der Waals surface area contributed by atoms with Gasteiger partial charge in [-0.25, -0.2) is 33.6 Å². The SMILES string of the molecule is [O-][Cl+3]([O-])([O-])[O-].c1cncc(Oc2nccnc2Oc2ccc[nH+]c2)c1. The number of halogens is 1. The van der Waals surface area contributed by atoms with Crippen molar-refractivity contribution in [3.63, 3.8) is 0 Å². The number of nitrogens with one attached hydrogen (secondary N) is 1. The minimum atomic E-state index is -4.94. The average molecular weight is 367 g/mol. The summed E-state index contributed by atoms with van der Waals surface area (Å²) in [5.74, 6) is 1.75. The Labute approximate surface area is 143 Å². The van der Waals surface area contributed by atoms with Gasteiger partial charge in [-0.2, -0.15) is 0 Å². The van der Waals surface area contributed by atoms with E-state index in [1.54, 1.807) is 43.0 Å². The van der Waals surface area contributed by atoms with Gasteiger partial charge in [-0.15, -0.1) is 10.2 Å². The highest BCUT2D eigenvalue weighted by Crippen LogP contribution is 2.29. The molecule has 0 atom stereocenters. The first-order chi connectivity index (χ1) is 11.9. The molecule has 0 aliphatic carbocycles. The molecule has 0 amide bonds. The van der Waals surface area contributed by atoms with Crippen LogP contribution in [0.25, 0.3) is 0 Å². The van der Waals surface area contributed by atoms with Gasteiger partial charge in [0.25, 0.3) is 11.8 Å². The van der Waals surface area contributed by atoms with Crippen molar-refractivity contribution in [3.05, 3.63) is 61.4 Å². The van der Waals surface area contributed by atoms with Crippen LogP contribution in [0.4, 0.5) is 0 Å². The Balaban J connectivity index is 0.000000399. The quantitative estimate of drug-likeness (QED) is 0.485. The van der Waals surface area contributed by atoms with E-state index in [2.05, 4.69) is 19.9 Å². The second-order valence-electron chi connectivity index (χ2n) is 4.18. The first-order valence-corrected chi connectivity index (χ1v) is 7.80. The van der Waals surface area contributed by atoms with Gasteiger partial charge in [0.05, 0.1) is 6.20 Å². The molecule has 0 saturated carbocycles. The Bertz CT molecular complexity index is 707. The van der Waals surface area contributed by atoms with Gasteiger partial charge in [0.2, 0.25) is 6.20 Å². The van der Waals surface area contributed by atoms with Crippen LogP contribution in [0.1, 0.15) is 0 Å². The summed E-state index contributed by atoms with van der Waals surface area (Å²) in [7, 11) is -4.94. The van der Waals surface area contributed by atoms with Crippen LogP contribution in [0.3, 0.4) is 0 Å². The molecule has 3 aromatic heterocycles. The topological polar surface area (TPSA) is 164 Å². The van der Waals surface area contributed by atoms with E-state index in [1.165, 1.54) is 12.4 Å². The summed E-state index contributed by atoms with van der Waals surface area (Å²) in [5, 5.41) is 0. The fraction of sp³-hybridized carbons (Fsp3) is 0. The zero-order chi connectivity index (χ0) is 18.1. The van der Waals surface area contributed by atoms with Gasteiger partial charge in [0, 0.05) is 24.7 Å². The van der Waals surface area contributed by atoms with Crippen molar-refractivity contribution >= 4 is 0 Å². The van der Waals surface area contributed by atoms with Crippen LogP contribution < -0.4 is 33.1 Å². The number of hydrogen-bond acceptors (Lipinski definition) is 9. The van der Waals surface area contributed by atoms with Gasteiger partial charge < -0.3 is 9.47 Å². The van der Waals surface area contributed by atoms with Crippen LogP contribution in [-0.4, -0.2) is 15.0 Å². The van der Waals surface area contributed by atoms with Crippen LogP contribution in [0, 0.1) is 10.2 Å². The van der Waals surface area contributed by atoms with Crippen molar-refractivity contribution in [2.24, 2.45) is 0 Å². The van der Waals surface area contributed by atoms with Crippen molar-refractivity contribution in [2.75, 3.05) is 0 Å². The second kappa shape index (κ2) is 8.82. The van der Waals surface area contributed by atoms with E-state index in [1.807, 2.05) is 6.07 Å². The van der Waals surface area contributed by atoms with Gasteiger partial charge >= 0.3 is 0 Å². The van der Waals surface area contributed by atoms with Crippen molar-refractivity contribution in [1.29, 1.82) is 0 Å². The molecule has 130 valence electrons. The molecule has 0 radical (unpaired) electrons. The van der Waals surface area contributed by atoms with Crippen LogP contribution in [0.15, 0.2) is 61.4 Å². The summed E-state index contributed by atoms with van der Waals surface area (Å²) in [6.45, 7) is 0. The maximum atomic E-state index is 8.49. The standard InChI is InChI=1S/C14H10N4O2.ClHO4/c1-3-11(9-15-5-1)19-13-14(18-8-7-17-13)20-12-4-2-6-16-10-12;2-1(3,4)5/h1-10H;(H,2,3,4,5). The first-order valence-electron chi connectivity index (χ1n) is 6.56. The lowest BCUT2D eigenvalue weighted by molar-refractivity contribution is -2.00. The summed E-state index contributed by atoms with van der Waals surface area (Å²) >= 11 is 0. The lowest BCUT2D eigenvalue weighted by Gasteiger charge is -2.17. The molecule has 0 fully saturated rings. The number of aromatic nitrogens is 4. The highest BCUT2D eigenvalue weighted by molar-refractivity contribution is 5.33. The van der Waals surface area contributed by atoms with E-state index in [0.29, 0.717) is 11.5 Å². The molecular weight excluding hydrogens is 356 g/mol. The maximum absolute atomic E-state index is 8.49. The van der Waals surface area contributed by atoms with Crippen molar-refractivity contribution in [1.82, 2.24) is 15.0 Å². The maximum Gasteiger partial charge on any atom is 0.284 e. The Hall–Kier alpha value is -2.89. The molecule has 11 heteroatoms. The van der Waals surface area contributed by atoms with Crippen LogP contribution >= 0.6 is 0 Å². The Morgan fingerprint density at radius 2 is 1.44 bits per heavy atom. The molecule has 0 saturated heterocycles. The summed E-state index contributed by atoms with van der Waals surface area (Å²) in [6.07, 6.45) is 9.84. The van der Waals surface area contributed by atoms with E-state index < -0.39 is 10.2 Å². The Morgan fingerprint density at radius 1 is 0.840 bits per heavy atom. The summed E-state index contributed by atoms with van der Waals surface area (Å²) in [6, 6.07) is 7.19. The van der Waals surface area contributed by atoms with Crippen LogP contribution in [0.2, 0.25) is 0 Å². The fourth-order valence-corrected chi connectivity index (χ4v) is 1.52. The highest BCUT2D eigenvalue weighted by atomic mass is 35.7. The van der Waals surface area contributed by atoms with Crippen molar-refractivity contribution in [3.8, 4) is 23.3 Å². The first kappa shape index (κ1) is 18.4. The van der Waals surface area contributed by atoms with E-state index in [0.717, 1.165) is 0 Å². The zero-order valence-corrected chi connectivity index (χ0v) is 13.2. The zero-order valence-electron chi connectivity index (χ0n) is 12.4. The molecule has 3 rings (SSSR count). The molecule has 3 aromatic rings. The predicted octanol–water partition coefficient (Wildman–Crippen LogP) is -2.49. The van der Waals surface area contributed by atoms with Crippen molar-refractivity contribution in [2.45, 2.75) is 0 Å². The molecule has 0 aliphatic heterocycles. The van der Waals surface area contributed by atoms with Crippen LogP contribution in [-0.2, 0) is 0 Å². The normalized spacial score (nSPS) is 10.4. The molecule has 0 spiro atoms. The summed E-state index contributed by atoms with van der Waals surface area (Å²) in [5.41, 5.74) is 0. The monoisotopic (exact) mass is 366 g/mol. The summed E-state index contributed by atoms with van der Waals surface area (Å²) in [4.78, 5) is 15.2. The smallest absolute Gasteiger partial charge is 0.284 e. The predicted molar refractivity (Wildman–Crippen MR) is 69.4 cm³/mol. The molecule has 0 unspecified atom stereocenters. The fourth-order valence-electron chi connectivity index (χ4n) is 1.52. The number of ether oxygens (including phenoxy) is 2. The van der Waals surface area contributed by atoms with Gasteiger partial charge in [-0.3, -0.25) is 4.98 Å². The molecule has 3 heterocycles. The van der Waals surface area contributed by atoms with E-state index >= 15 is 0 Å². The second-order valence-corrected chi connectivity index (χ2v) is 4.93. The van der Waals surface area contributed by atoms with E-state index in [9.17, 15) is 0 Å². The largest absolute Gasteiger partial charge is 0.433 e. The van der Waals surface area contributed by atoms with Crippen molar-refractivity contribution < 1.29 is 43.3 Å². The number of H-pyrrole nitrogens is 1. The lowest BCUT2D eigenvalue weighted by atomic mass is 10.4. The highest BCUT2D eigenvalue weighted by Gasteiger charge is 2.11. The molecule has 1 N–H and O–H groups in total. The molecule has 0 bridgehead atoms. The van der Waals surface area contributed by atoms with Gasteiger partial charge in [-0.05, 0) is 18.2 Å². The molecule has 0 aliphatic rings. The molecule has 25 heavy (non-hydrogen) atoms. The van der Waals surface area contributed by atoms with E-state index in [4.69, 9.17) is 28.1 Å². The van der Waals surface area contributed by atoms with Gasteiger partial charge in [0.15, 0.2) is 11.9 Å². The number of hydrogen-bond donors (Lipinski definition) is 0. The number of rotatable bonds is 4. The average Bonchev–Trinajstić information content (AvgIpc) is 2.57. The van der Waals surface area contributed by atoms with Crippen LogP contribution in [0.5, 0.6) is 23.3 Å². The minimum Gasteiger partial charge on any atom is -0.433 e. The van der Waals surface area contributed by atoms with Gasteiger partial charge in [0.1, 0.15) is 5.75 Å². The molecular formula is C14H11ClN4O6. The number of pyridine rings is 2. The molecule has 0 aromatic carbocycles. The van der Waals surface area contributed by atoms with E-state index in [-0.39, 0.29) is 11.8 Å². The number of nitrogens with zero attached hydrogens (tertiary/aromatic N) is 3. The lowest BCUT2D eigenvalue weighted by Crippen LogP contribution is -2.68. The molecule has 10 nitrogen and oxygen atoms in total. The third-order valence-corrected chi connectivity index (χ3v) is 2.38. The Morgan fingerprint density at radius 3 is 1.96 bits per heavy atom. The minimum absolute atomic E-state index is 0.282. The van der Waals surface area contributed by atoms with Gasteiger partial charge in [-0.1, -0.05) is 0 Å². The third-order valence-electron chi connectivity index (χ3n) is 2.38.